The largest absolute Gasteiger partial charge is 0.468 e. The lowest BCUT2D eigenvalue weighted by Gasteiger charge is -2.34. The molecule has 0 radical (unpaired) electrons. The van der Waals surface area contributed by atoms with E-state index in [-0.39, 0.29) is 22.0 Å². The fourth-order valence-corrected chi connectivity index (χ4v) is 19.4. The molecule has 8 heteroatoms. The molecule has 0 aromatic heterocycles. The number of hydrogen-bond donors (Lipinski definition) is 1. The second-order valence-corrected chi connectivity index (χ2v) is 33.9. The van der Waals surface area contributed by atoms with E-state index in [1.807, 2.05) is 450 Å². The van der Waals surface area contributed by atoms with E-state index in [2.05, 4.69) is 137 Å². The fraction of sp³-hybridized carbons (Fsp3) is 0.0714. The minimum Gasteiger partial charge on any atom is -0.468 e. The average molecular weight is 1830 g/mol. The Morgan fingerprint density at radius 1 is 0.254 bits per heavy atom. The molecule has 0 unspecified atom stereocenters. The van der Waals surface area contributed by atoms with Gasteiger partial charge in [-0.2, -0.15) is 0 Å². The lowest BCUT2D eigenvalue weighted by molar-refractivity contribution is -0.147. The molecule has 656 valence electrons. The summed E-state index contributed by atoms with van der Waals surface area (Å²) in [5.41, 5.74) is 17.1. The average Bonchev–Trinajstić information content (AvgIpc) is 1.52. The molecule has 19 aromatic rings. The molecule has 0 saturated carbocycles. The number of ether oxygens (including phenoxy) is 2. The number of benzene rings is 19. The van der Waals surface area contributed by atoms with E-state index in [0.29, 0.717) is 12.2 Å². The highest BCUT2D eigenvalue weighted by molar-refractivity contribution is 9.10. The van der Waals surface area contributed by atoms with Crippen molar-refractivity contribution in [2.24, 2.45) is 0 Å². The van der Waals surface area contributed by atoms with E-state index in [0.717, 1.165) is 94.6 Å². The van der Waals surface area contributed by atoms with Gasteiger partial charge in [0.25, 0.3) is 0 Å². The first-order chi connectivity index (χ1) is 65.9. The molecule has 1 N–H and O–H groups in total. The summed E-state index contributed by atoms with van der Waals surface area (Å²) in [7, 11) is 1.44. The molecule has 0 spiro atoms. The molecule has 1 aliphatic carbocycles. The third-order valence-corrected chi connectivity index (χ3v) is 26.5. The van der Waals surface area contributed by atoms with Gasteiger partial charge in [-0.15, -0.1) is 11.6 Å². The van der Waals surface area contributed by atoms with Crippen molar-refractivity contribution >= 4 is 45.3 Å². The zero-order valence-corrected chi connectivity index (χ0v) is 77.0. The van der Waals surface area contributed by atoms with E-state index in [1.165, 1.54) is 23.8 Å². The molecular weight excluding hydrogens is 1720 g/mol. The quantitative estimate of drug-likeness (QED) is 0.0334. The van der Waals surface area contributed by atoms with Gasteiger partial charge in [-0.05, 0) is 107 Å². The van der Waals surface area contributed by atoms with Crippen LogP contribution in [0.1, 0.15) is 117 Å². The van der Waals surface area contributed by atoms with E-state index in [4.69, 9.17) is 21.1 Å². The highest BCUT2D eigenvalue weighted by Crippen LogP contribution is 2.52. The lowest BCUT2D eigenvalue weighted by Crippen LogP contribution is -2.40. The maximum atomic E-state index is 14.1. The Balaban J connectivity index is 0.000000123. The topological polar surface area (TPSA) is 89.9 Å². The lowest BCUT2D eigenvalue weighted by atomic mass is 9.65. The van der Waals surface area contributed by atoms with Gasteiger partial charge in [-0.3, -0.25) is 14.4 Å². The SMILES string of the molecule is BrC(c1ccccc1)(c1ccccc1)c1ccccc1.CCOC(=O)C(c1ccccc1)(c1ccccc1)c1ccccc1.COC(=O)C(c1ccccc1)(c1ccccc1)c1ccccc1.ClC(c1ccccc1)(c1ccccc1)c1ccccc1.O=C(c1ccccc1)C(c1ccccc1)(c1ccccc1)c1ccccc1.OC1(c2ccccc2)c2ccccc2-c2ccccc21. The number of hydrogen-bond acceptors (Lipinski definition) is 6. The highest BCUT2D eigenvalue weighted by atomic mass is 79.9. The van der Waals surface area contributed by atoms with Crippen LogP contribution >= 0.6 is 27.5 Å². The predicted octanol–water partition coefficient (Wildman–Crippen LogP) is 29.2. The molecule has 0 aliphatic heterocycles. The van der Waals surface area contributed by atoms with E-state index >= 15 is 0 Å². The smallest absolute Gasteiger partial charge is 0.325 e. The number of alkyl halides is 2. The van der Waals surface area contributed by atoms with Crippen molar-refractivity contribution in [1.82, 2.24) is 0 Å². The fourth-order valence-electron chi connectivity index (χ4n) is 18.2. The zero-order valence-electron chi connectivity index (χ0n) is 74.6. The van der Waals surface area contributed by atoms with Gasteiger partial charge in [-0.25, -0.2) is 0 Å². The number of carbonyl (C=O) groups is 3. The number of ketones is 1. The highest BCUT2D eigenvalue weighted by Gasteiger charge is 2.49. The van der Waals surface area contributed by atoms with Crippen molar-refractivity contribution in [1.29, 1.82) is 0 Å². The number of esters is 2. The number of rotatable bonds is 21. The Bertz CT molecular complexity index is 6080. The van der Waals surface area contributed by atoms with Crippen molar-refractivity contribution in [2.75, 3.05) is 13.7 Å². The summed E-state index contributed by atoms with van der Waals surface area (Å²) >= 11 is 11.1. The molecule has 0 bridgehead atoms. The van der Waals surface area contributed by atoms with Gasteiger partial charge in [0.2, 0.25) is 0 Å². The van der Waals surface area contributed by atoms with Crippen LogP contribution in [0, 0.1) is 0 Å². The van der Waals surface area contributed by atoms with Crippen molar-refractivity contribution in [3.8, 4) is 11.1 Å². The molecular formula is C126H102BrClO6. The van der Waals surface area contributed by atoms with E-state index in [9.17, 15) is 19.5 Å². The van der Waals surface area contributed by atoms with E-state index < -0.39 is 26.7 Å². The molecule has 6 nitrogen and oxygen atoms in total. The first-order valence-corrected chi connectivity index (χ1v) is 46.1. The van der Waals surface area contributed by atoms with Crippen molar-refractivity contribution in [2.45, 2.75) is 38.0 Å². The maximum Gasteiger partial charge on any atom is 0.325 e. The first kappa shape index (κ1) is 93.2. The number of aliphatic hydroxyl groups is 1. The molecule has 20 rings (SSSR count). The number of fused-ring (bicyclic) bond motifs is 3. The van der Waals surface area contributed by atoms with Crippen molar-refractivity contribution < 1.29 is 29.0 Å². The van der Waals surface area contributed by atoms with E-state index in [1.54, 1.807) is 0 Å². The second-order valence-electron chi connectivity index (χ2n) is 32.1. The Labute approximate surface area is 801 Å². The van der Waals surface area contributed by atoms with Gasteiger partial charge < -0.3 is 14.6 Å². The van der Waals surface area contributed by atoms with Gasteiger partial charge >= 0.3 is 11.9 Å². The van der Waals surface area contributed by atoms with Crippen LogP contribution in [-0.4, -0.2) is 36.5 Å². The summed E-state index contributed by atoms with van der Waals surface area (Å²) in [6.07, 6.45) is 0. The number of carbonyl (C=O) groups excluding carboxylic acids is 3. The molecule has 0 atom stereocenters. The molecule has 134 heavy (non-hydrogen) atoms. The summed E-state index contributed by atoms with van der Waals surface area (Å²) in [6.45, 7) is 2.18. The molecule has 0 saturated heterocycles. The molecule has 19 aromatic carbocycles. The Morgan fingerprint density at radius 3 is 0.672 bits per heavy atom. The van der Waals surface area contributed by atoms with Gasteiger partial charge in [0, 0.05) is 16.7 Å². The number of methoxy groups -OCH3 is 1. The van der Waals surface area contributed by atoms with Crippen molar-refractivity contribution in [3.63, 3.8) is 0 Å². The monoisotopic (exact) mass is 1820 g/mol. The van der Waals surface area contributed by atoms with Crippen LogP contribution in [0.3, 0.4) is 0 Å². The summed E-state index contributed by atoms with van der Waals surface area (Å²) in [5.74, 6) is -0.471. The van der Waals surface area contributed by atoms with Gasteiger partial charge in [-0.1, -0.05) is 580 Å². The third-order valence-electron chi connectivity index (χ3n) is 24.5. The summed E-state index contributed by atoms with van der Waals surface area (Å²) in [6, 6.07) is 187. The van der Waals surface area contributed by atoms with Crippen LogP contribution in [-0.2, 0) is 50.1 Å². The Hall–Kier alpha value is -15.5. The van der Waals surface area contributed by atoms with Gasteiger partial charge in [0.15, 0.2) is 5.78 Å². The van der Waals surface area contributed by atoms with Crippen LogP contribution in [0.2, 0.25) is 0 Å². The van der Waals surface area contributed by atoms with Crippen LogP contribution < -0.4 is 0 Å². The molecule has 0 fully saturated rings. The Morgan fingerprint density at radius 2 is 0.440 bits per heavy atom. The summed E-state index contributed by atoms with van der Waals surface area (Å²) < 4.78 is 10.5. The third kappa shape index (κ3) is 19.6. The minimum atomic E-state index is -1.05. The van der Waals surface area contributed by atoms with Crippen molar-refractivity contribution in [3.05, 3.63) is 670 Å². The van der Waals surface area contributed by atoms with Gasteiger partial charge in [0.1, 0.15) is 31.0 Å². The number of Topliss-reactive ketones (excluding diaryl/α,β-unsaturated/α-hetero) is 1. The normalized spacial score (nSPS) is 11.6. The predicted molar refractivity (Wildman–Crippen MR) is 551 cm³/mol. The van der Waals surface area contributed by atoms with Crippen LogP contribution in [0.25, 0.3) is 11.1 Å². The maximum absolute atomic E-state index is 14.1. The number of halogens is 2. The molecule has 0 amide bonds. The van der Waals surface area contributed by atoms with Crippen LogP contribution in [0.15, 0.2) is 564 Å². The second kappa shape index (κ2) is 44.9. The molecule has 0 heterocycles. The summed E-state index contributed by atoms with van der Waals surface area (Å²) in [4.78, 5) is 39.7. The van der Waals surface area contributed by atoms with Gasteiger partial charge in [0.05, 0.1) is 13.7 Å². The minimum absolute atomic E-state index is 0.0756. The Kier molecular flexibility index (Phi) is 31.2. The van der Waals surface area contributed by atoms with Crippen LogP contribution in [0.5, 0.6) is 0 Å². The molecule has 1 aliphatic rings. The van der Waals surface area contributed by atoms with Crippen LogP contribution in [0.4, 0.5) is 0 Å². The first-order valence-electron chi connectivity index (χ1n) is 44.9. The zero-order chi connectivity index (χ0) is 92.7. The summed E-state index contributed by atoms with van der Waals surface area (Å²) in [5, 5.41) is 11.5. The standard InChI is InChI=1S/C26H20O.C22H20O2.C21H18O2.C19H15Br.C19H15Cl.C19H14O/c27-25(21-13-5-1-6-14-21)26(22-15-7-2-8-16-22,23-17-9-3-10-18-23)24-19-11-4-12-20-24;1-2-24-21(23)22(18-12-6-3-7-13-18,19-14-8-4-9-15-19)20-16-10-5-11-17-20;1-23-20(22)21(17-11-5-2-6-12-17,18-13-7-3-8-14-18)19-15-9-4-10-16-19;2*20-19(16-10-4-1-5-11-16,17-12-6-2-7-13-17)18-14-8-3-9-15-18;20-19(14-8-2-1-3-9-14)17-12-6-4-10-15(17)16-11-5-7-13-18(16)19/h1-20H;3-17H,2H2,1H3;2-16H,1H3;2*1-15H;1-13,20H.